The Morgan fingerprint density at radius 2 is 1.79 bits per heavy atom. The monoisotopic (exact) mass is 384 g/mol. The number of amides is 2. The first kappa shape index (κ1) is 21.0. The predicted octanol–water partition coefficient (Wildman–Crippen LogP) is 2.61. The van der Waals surface area contributed by atoms with Crippen molar-refractivity contribution in [2.24, 2.45) is 0 Å². The molecule has 7 nitrogen and oxygen atoms in total. The zero-order chi connectivity index (χ0) is 20.7. The minimum atomic E-state index is -1.00. The molecule has 1 atom stereocenters. The fourth-order valence-electron chi connectivity index (χ4n) is 2.48. The van der Waals surface area contributed by atoms with E-state index in [1.807, 2.05) is 32.0 Å². The van der Waals surface area contributed by atoms with Crippen LogP contribution in [-0.4, -0.2) is 37.5 Å². The Morgan fingerprint density at radius 3 is 2.50 bits per heavy atom. The Hall–Kier alpha value is -3.35. The third-order valence-electron chi connectivity index (χ3n) is 4.07. The van der Waals surface area contributed by atoms with Gasteiger partial charge in [-0.3, -0.25) is 14.4 Å². The van der Waals surface area contributed by atoms with Crippen LogP contribution >= 0.6 is 0 Å². The summed E-state index contributed by atoms with van der Waals surface area (Å²) in [5, 5.41) is 5.20. The molecule has 0 unspecified atom stereocenters. The highest BCUT2D eigenvalue weighted by molar-refractivity contribution is 5.99. The molecule has 0 aliphatic rings. The summed E-state index contributed by atoms with van der Waals surface area (Å²) < 4.78 is 10.2. The molecular weight excluding hydrogens is 360 g/mol. The summed E-state index contributed by atoms with van der Waals surface area (Å²) >= 11 is 0. The van der Waals surface area contributed by atoms with Crippen LogP contribution in [0.3, 0.4) is 0 Å². The summed E-state index contributed by atoms with van der Waals surface area (Å²) in [5.74, 6) is -1.23. The molecule has 0 fully saturated rings. The van der Waals surface area contributed by atoms with Gasteiger partial charge < -0.3 is 20.1 Å². The van der Waals surface area contributed by atoms with E-state index in [9.17, 15) is 14.4 Å². The van der Waals surface area contributed by atoms with Crippen molar-refractivity contribution >= 4 is 23.5 Å². The number of aryl methyl sites for hydroxylation is 2. The summed E-state index contributed by atoms with van der Waals surface area (Å²) in [7, 11) is 1.45. The molecule has 0 aliphatic heterocycles. The van der Waals surface area contributed by atoms with Gasteiger partial charge in [-0.15, -0.1) is 0 Å². The molecule has 148 valence electrons. The maximum atomic E-state index is 12.3. The van der Waals surface area contributed by atoms with Gasteiger partial charge in [0, 0.05) is 5.69 Å². The molecule has 0 spiro atoms. The summed E-state index contributed by atoms with van der Waals surface area (Å²) in [6.45, 7) is 4.90. The molecule has 2 amide bonds. The highest BCUT2D eigenvalue weighted by Crippen LogP contribution is 2.17. The van der Waals surface area contributed by atoms with E-state index in [1.54, 1.807) is 24.3 Å². The summed E-state index contributed by atoms with van der Waals surface area (Å²) in [5.41, 5.74) is 2.88. The lowest BCUT2D eigenvalue weighted by Gasteiger charge is -2.15. The fourth-order valence-corrected chi connectivity index (χ4v) is 2.48. The minimum absolute atomic E-state index is 0.304. The fraction of sp³-hybridized carbons (Fsp3) is 0.286. The Kier molecular flexibility index (Phi) is 7.14. The van der Waals surface area contributed by atoms with E-state index in [-0.39, 0.29) is 6.54 Å². The number of hydrogen-bond acceptors (Lipinski definition) is 5. The van der Waals surface area contributed by atoms with E-state index in [2.05, 4.69) is 10.6 Å². The summed E-state index contributed by atoms with van der Waals surface area (Å²) in [6, 6.07) is 12.3. The minimum Gasteiger partial charge on any atom is -0.496 e. The van der Waals surface area contributed by atoms with E-state index >= 15 is 0 Å². The molecule has 2 N–H and O–H groups in total. The van der Waals surface area contributed by atoms with Crippen molar-refractivity contribution in [3.63, 3.8) is 0 Å². The number of ether oxygens (including phenoxy) is 2. The molecule has 7 heteroatoms. The second-order valence-corrected chi connectivity index (χ2v) is 6.32. The first-order valence-corrected chi connectivity index (χ1v) is 8.80. The molecule has 2 rings (SSSR count). The standard InChI is InChI=1S/C21H24N2O5/c1-13-9-10-14(2)17(11-13)23-20(25)15(3)28-19(24)12-22-21(26)16-7-5-6-8-18(16)27-4/h5-11,15H,12H2,1-4H3,(H,22,26)(H,23,25)/t15-/m1/s1. The topological polar surface area (TPSA) is 93.7 Å². The number of methoxy groups -OCH3 is 1. The average molecular weight is 384 g/mol. The molecule has 0 radical (unpaired) electrons. The number of esters is 1. The number of rotatable bonds is 7. The second-order valence-electron chi connectivity index (χ2n) is 6.32. The van der Waals surface area contributed by atoms with Gasteiger partial charge in [-0.1, -0.05) is 24.3 Å². The van der Waals surface area contributed by atoms with Gasteiger partial charge in [0.15, 0.2) is 6.10 Å². The van der Waals surface area contributed by atoms with Crippen molar-refractivity contribution < 1.29 is 23.9 Å². The van der Waals surface area contributed by atoms with Gasteiger partial charge in [0.2, 0.25) is 0 Å². The number of hydrogen-bond donors (Lipinski definition) is 2. The van der Waals surface area contributed by atoms with Crippen LogP contribution in [0.5, 0.6) is 5.75 Å². The van der Waals surface area contributed by atoms with Crippen molar-refractivity contribution in [1.29, 1.82) is 0 Å². The Bertz CT molecular complexity index is 879. The zero-order valence-corrected chi connectivity index (χ0v) is 16.4. The van der Waals surface area contributed by atoms with Crippen LogP contribution in [0.2, 0.25) is 0 Å². The average Bonchev–Trinajstić information content (AvgIpc) is 2.68. The van der Waals surface area contributed by atoms with Crippen molar-refractivity contribution in [2.75, 3.05) is 19.0 Å². The lowest BCUT2D eigenvalue weighted by atomic mass is 10.1. The van der Waals surface area contributed by atoms with E-state index in [0.29, 0.717) is 17.0 Å². The van der Waals surface area contributed by atoms with Crippen LogP contribution in [0.4, 0.5) is 5.69 Å². The maximum Gasteiger partial charge on any atom is 0.326 e. The molecule has 0 aliphatic carbocycles. The quantitative estimate of drug-likeness (QED) is 0.716. The third-order valence-corrected chi connectivity index (χ3v) is 4.07. The molecule has 0 aromatic heterocycles. The van der Waals surface area contributed by atoms with E-state index in [4.69, 9.17) is 9.47 Å². The molecule has 28 heavy (non-hydrogen) atoms. The van der Waals surface area contributed by atoms with Crippen LogP contribution in [-0.2, 0) is 14.3 Å². The lowest BCUT2D eigenvalue weighted by molar-refractivity contribution is -0.152. The van der Waals surface area contributed by atoms with Crippen molar-refractivity contribution in [3.8, 4) is 5.75 Å². The number of para-hydroxylation sites is 1. The third kappa shape index (κ3) is 5.57. The predicted molar refractivity (Wildman–Crippen MR) is 105 cm³/mol. The summed E-state index contributed by atoms with van der Waals surface area (Å²) in [4.78, 5) is 36.4. The molecule has 0 saturated heterocycles. The molecule has 0 saturated carbocycles. The summed E-state index contributed by atoms with van der Waals surface area (Å²) in [6.07, 6.45) is -1.00. The second kappa shape index (κ2) is 9.55. The Balaban J connectivity index is 1.87. The lowest BCUT2D eigenvalue weighted by Crippen LogP contribution is -2.36. The maximum absolute atomic E-state index is 12.3. The van der Waals surface area contributed by atoms with E-state index < -0.39 is 23.9 Å². The van der Waals surface area contributed by atoms with Gasteiger partial charge in [-0.2, -0.15) is 0 Å². The first-order valence-electron chi connectivity index (χ1n) is 8.80. The first-order chi connectivity index (χ1) is 13.3. The van der Waals surface area contributed by atoms with E-state index in [0.717, 1.165) is 11.1 Å². The highest BCUT2D eigenvalue weighted by Gasteiger charge is 2.20. The van der Waals surface area contributed by atoms with E-state index in [1.165, 1.54) is 14.0 Å². The van der Waals surface area contributed by atoms with Crippen LogP contribution in [0, 0.1) is 13.8 Å². The Labute approximate surface area is 164 Å². The largest absolute Gasteiger partial charge is 0.496 e. The molecule has 2 aromatic carbocycles. The van der Waals surface area contributed by atoms with Crippen LogP contribution < -0.4 is 15.4 Å². The molecule has 2 aromatic rings. The number of benzene rings is 2. The SMILES string of the molecule is COc1ccccc1C(=O)NCC(=O)O[C@H](C)C(=O)Nc1cc(C)ccc1C. The van der Waals surface area contributed by atoms with Crippen molar-refractivity contribution in [1.82, 2.24) is 5.32 Å². The zero-order valence-electron chi connectivity index (χ0n) is 16.4. The van der Waals surface area contributed by atoms with Crippen molar-refractivity contribution in [2.45, 2.75) is 26.9 Å². The van der Waals surface area contributed by atoms with Gasteiger partial charge in [0.05, 0.1) is 12.7 Å². The van der Waals surface area contributed by atoms with Gasteiger partial charge >= 0.3 is 5.97 Å². The number of carbonyl (C=O) groups is 3. The van der Waals surface area contributed by atoms with Crippen molar-refractivity contribution in [3.05, 3.63) is 59.2 Å². The van der Waals surface area contributed by atoms with Gasteiger partial charge in [-0.25, -0.2) is 0 Å². The smallest absolute Gasteiger partial charge is 0.326 e. The normalized spacial score (nSPS) is 11.3. The van der Waals surface area contributed by atoms with Crippen LogP contribution in [0.25, 0.3) is 0 Å². The number of anilines is 1. The van der Waals surface area contributed by atoms with Gasteiger partial charge in [0.25, 0.3) is 11.8 Å². The molecule has 0 bridgehead atoms. The van der Waals surface area contributed by atoms with Gasteiger partial charge in [0.1, 0.15) is 12.3 Å². The number of carbonyl (C=O) groups excluding carboxylic acids is 3. The molecular formula is C21H24N2O5. The van der Waals surface area contributed by atoms with Crippen LogP contribution in [0.15, 0.2) is 42.5 Å². The highest BCUT2D eigenvalue weighted by atomic mass is 16.5. The van der Waals surface area contributed by atoms with Crippen LogP contribution in [0.1, 0.15) is 28.4 Å². The van der Waals surface area contributed by atoms with Gasteiger partial charge in [-0.05, 0) is 50.1 Å². The molecule has 0 heterocycles. The Morgan fingerprint density at radius 1 is 1.07 bits per heavy atom. The number of nitrogens with one attached hydrogen (secondary N) is 2.